The Balaban J connectivity index is 2.08. The third-order valence-corrected chi connectivity index (χ3v) is 3.98. The van der Waals surface area contributed by atoms with Crippen molar-refractivity contribution in [1.29, 1.82) is 0 Å². The molecule has 0 saturated carbocycles. The molecule has 1 N–H and O–H groups in total. The summed E-state index contributed by atoms with van der Waals surface area (Å²) in [6, 6.07) is 4.12. The van der Waals surface area contributed by atoms with Gasteiger partial charge in [0.1, 0.15) is 0 Å². The second-order valence-electron chi connectivity index (χ2n) is 3.87. The summed E-state index contributed by atoms with van der Waals surface area (Å²) in [7, 11) is 1.30. The van der Waals surface area contributed by atoms with E-state index in [1.165, 1.54) is 5.69 Å². The van der Waals surface area contributed by atoms with Crippen LogP contribution in [-0.2, 0) is 17.3 Å². The zero-order chi connectivity index (χ0) is 11.4. The number of pyridine rings is 1. The van der Waals surface area contributed by atoms with Crippen molar-refractivity contribution in [2.24, 2.45) is 0 Å². The molecule has 0 atom stereocenters. The summed E-state index contributed by atoms with van der Waals surface area (Å²) in [4.78, 5) is 6.57. The Morgan fingerprint density at radius 1 is 1.50 bits per heavy atom. The molecule has 0 aliphatic carbocycles. The third-order valence-electron chi connectivity index (χ3n) is 2.70. The van der Waals surface area contributed by atoms with E-state index in [0.29, 0.717) is 0 Å². The Bertz CT molecular complexity index is 373. The summed E-state index contributed by atoms with van der Waals surface area (Å²) in [5.74, 6) is 1.56. The second kappa shape index (κ2) is 5.41. The lowest BCUT2D eigenvalue weighted by atomic mass is 10.3. The number of nitrogens with zero attached hydrogens (tertiary/aromatic N) is 2. The van der Waals surface area contributed by atoms with Gasteiger partial charge in [0.05, 0.1) is 5.69 Å². The lowest BCUT2D eigenvalue weighted by molar-refractivity contribution is 0.673. The predicted octanol–water partition coefficient (Wildman–Crippen LogP) is 0.370. The monoisotopic (exact) mass is 239 g/mol. The minimum Gasteiger partial charge on any atom is -0.370 e. The first-order valence-corrected chi connectivity index (χ1v) is 6.98. The average molecular weight is 239 g/mol. The SMILES string of the molecule is CNCc1cc(N2CCS(=O)CC2)ccn1. The molecule has 0 aromatic carbocycles. The summed E-state index contributed by atoms with van der Waals surface area (Å²) in [6.07, 6.45) is 1.84. The zero-order valence-electron chi connectivity index (χ0n) is 9.48. The molecule has 1 aromatic heterocycles. The van der Waals surface area contributed by atoms with Gasteiger partial charge in [-0.05, 0) is 19.2 Å². The van der Waals surface area contributed by atoms with Crippen molar-refractivity contribution in [3.8, 4) is 0 Å². The fourth-order valence-electron chi connectivity index (χ4n) is 1.84. The van der Waals surface area contributed by atoms with Crippen molar-refractivity contribution in [2.75, 3.05) is 36.5 Å². The first kappa shape index (κ1) is 11.5. The fraction of sp³-hybridized carbons (Fsp3) is 0.545. The lowest BCUT2D eigenvalue weighted by Crippen LogP contribution is -2.37. The van der Waals surface area contributed by atoms with Gasteiger partial charge in [-0.1, -0.05) is 0 Å². The van der Waals surface area contributed by atoms with Crippen LogP contribution in [0.5, 0.6) is 0 Å². The number of hydrogen-bond donors (Lipinski definition) is 1. The highest BCUT2D eigenvalue weighted by Crippen LogP contribution is 2.16. The highest BCUT2D eigenvalue weighted by molar-refractivity contribution is 7.85. The van der Waals surface area contributed by atoms with Crippen LogP contribution < -0.4 is 10.2 Å². The molecule has 1 aliphatic heterocycles. The molecule has 5 heteroatoms. The molecule has 1 aromatic rings. The topological polar surface area (TPSA) is 45.2 Å². The second-order valence-corrected chi connectivity index (χ2v) is 5.57. The summed E-state index contributed by atoms with van der Waals surface area (Å²) in [5.41, 5.74) is 2.24. The molecule has 88 valence electrons. The van der Waals surface area contributed by atoms with Crippen molar-refractivity contribution >= 4 is 16.5 Å². The molecule has 1 saturated heterocycles. The molecule has 0 amide bonds. The molecule has 0 spiro atoms. The largest absolute Gasteiger partial charge is 0.370 e. The Labute approximate surface area is 98.5 Å². The quantitative estimate of drug-likeness (QED) is 0.828. The van der Waals surface area contributed by atoms with Crippen LogP contribution in [0.2, 0.25) is 0 Å². The fourth-order valence-corrected chi connectivity index (χ4v) is 2.89. The first-order valence-electron chi connectivity index (χ1n) is 5.49. The number of rotatable bonds is 3. The third kappa shape index (κ3) is 2.80. The Kier molecular flexibility index (Phi) is 3.90. The molecule has 1 aliphatic rings. The van der Waals surface area contributed by atoms with Gasteiger partial charge in [-0.3, -0.25) is 9.19 Å². The van der Waals surface area contributed by atoms with E-state index in [0.717, 1.165) is 36.8 Å². The van der Waals surface area contributed by atoms with Gasteiger partial charge in [0.25, 0.3) is 0 Å². The molecule has 0 unspecified atom stereocenters. The molecule has 16 heavy (non-hydrogen) atoms. The molecule has 0 bridgehead atoms. The maximum Gasteiger partial charge on any atom is 0.0562 e. The van der Waals surface area contributed by atoms with Crippen molar-refractivity contribution < 1.29 is 4.21 Å². The van der Waals surface area contributed by atoms with Crippen molar-refractivity contribution in [3.63, 3.8) is 0 Å². The van der Waals surface area contributed by atoms with Gasteiger partial charge in [0.2, 0.25) is 0 Å². The molecular formula is C11H17N3OS. The van der Waals surface area contributed by atoms with Crippen LogP contribution >= 0.6 is 0 Å². The number of anilines is 1. The van der Waals surface area contributed by atoms with Gasteiger partial charge in [-0.25, -0.2) is 0 Å². The molecule has 0 radical (unpaired) electrons. The van der Waals surface area contributed by atoms with E-state index < -0.39 is 10.8 Å². The summed E-state index contributed by atoms with van der Waals surface area (Å²) in [6.45, 7) is 2.55. The molecule has 2 rings (SSSR count). The number of aromatic nitrogens is 1. The van der Waals surface area contributed by atoms with Gasteiger partial charge >= 0.3 is 0 Å². The highest BCUT2D eigenvalue weighted by atomic mass is 32.2. The molecular weight excluding hydrogens is 222 g/mol. The Morgan fingerprint density at radius 3 is 2.94 bits per heavy atom. The minimum atomic E-state index is -0.613. The molecule has 1 fully saturated rings. The Morgan fingerprint density at radius 2 is 2.25 bits per heavy atom. The van der Waals surface area contributed by atoms with Crippen LogP contribution in [0.3, 0.4) is 0 Å². The zero-order valence-corrected chi connectivity index (χ0v) is 10.3. The van der Waals surface area contributed by atoms with E-state index in [-0.39, 0.29) is 0 Å². The van der Waals surface area contributed by atoms with Crippen LogP contribution in [0.1, 0.15) is 5.69 Å². The van der Waals surface area contributed by atoms with Gasteiger partial charge < -0.3 is 10.2 Å². The highest BCUT2D eigenvalue weighted by Gasteiger charge is 2.15. The predicted molar refractivity (Wildman–Crippen MR) is 67.1 cm³/mol. The van der Waals surface area contributed by atoms with Crippen molar-refractivity contribution in [3.05, 3.63) is 24.0 Å². The van der Waals surface area contributed by atoms with Gasteiger partial charge in [-0.2, -0.15) is 0 Å². The van der Waals surface area contributed by atoms with Crippen LogP contribution in [0, 0.1) is 0 Å². The van der Waals surface area contributed by atoms with Crippen LogP contribution in [0.25, 0.3) is 0 Å². The van der Waals surface area contributed by atoms with Crippen LogP contribution in [0.4, 0.5) is 5.69 Å². The van der Waals surface area contributed by atoms with Crippen molar-refractivity contribution in [1.82, 2.24) is 10.3 Å². The smallest absolute Gasteiger partial charge is 0.0562 e. The standard InChI is InChI=1S/C11H17N3OS/c1-12-9-10-8-11(2-3-13-10)14-4-6-16(15)7-5-14/h2-3,8,12H,4-7,9H2,1H3. The van der Waals surface area contributed by atoms with E-state index in [2.05, 4.69) is 21.3 Å². The summed E-state index contributed by atoms with van der Waals surface area (Å²) >= 11 is 0. The van der Waals surface area contributed by atoms with E-state index in [1.807, 2.05) is 19.3 Å². The van der Waals surface area contributed by atoms with Crippen LogP contribution in [0.15, 0.2) is 18.3 Å². The van der Waals surface area contributed by atoms with Crippen LogP contribution in [-0.4, -0.2) is 40.8 Å². The lowest BCUT2D eigenvalue weighted by Gasteiger charge is -2.28. The van der Waals surface area contributed by atoms with Crippen molar-refractivity contribution in [2.45, 2.75) is 6.54 Å². The van der Waals surface area contributed by atoms with Gasteiger partial charge in [0.15, 0.2) is 0 Å². The minimum absolute atomic E-state index is 0.613. The summed E-state index contributed by atoms with van der Waals surface area (Å²) < 4.78 is 11.3. The number of nitrogens with one attached hydrogen (secondary N) is 1. The van der Waals surface area contributed by atoms with Gasteiger partial charge in [0, 0.05) is 53.8 Å². The molecule has 2 heterocycles. The maximum absolute atomic E-state index is 11.3. The normalized spacial score (nSPS) is 17.7. The van der Waals surface area contributed by atoms with E-state index in [1.54, 1.807) is 0 Å². The average Bonchev–Trinajstić information content (AvgIpc) is 2.31. The Hall–Kier alpha value is -0.940. The summed E-state index contributed by atoms with van der Waals surface area (Å²) in [5, 5.41) is 3.09. The first-order chi connectivity index (χ1) is 7.79. The van der Waals surface area contributed by atoms with E-state index in [4.69, 9.17) is 0 Å². The van der Waals surface area contributed by atoms with Gasteiger partial charge in [-0.15, -0.1) is 0 Å². The maximum atomic E-state index is 11.3. The van der Waals surface area contributed by atoms with E-state index in [9.17, 15) is 4.21 Å². The number of hydrogen-bond acceptors (Lipinski definition) is 4. The molecule has 4 nitrogen and oxygen atoms in total. The van der Waals surface area contributed by atoms with E-state index >= 15 is 0 Å².